The largest absolute Gasteiger partial charge is 0.359 e. The van der Waals surface area contributed by atoms with Crippen LogP contribution >= 0.6 is 12.4 Å². The second-order valence-corrected chi connectivity index (χ2v) is 1.29. The van der Waals surface area contributed by atoms with Crippen molar-refractivity contribution in [3.63, 3.8) is 0 Å². The molecule has 0 saturated heterocycles. The lowest BCUT2D eigenvalue weighted by Crippen LogP contribution is -1.96. The van der Waals surface area contributed by atoms with Crippen LogP contribution in [-0.4, -0.2) is 5.16 Å². The first-order valence-corrected chi connectivity index (χ1v) is 2.14. The molecule has 0 aliphatic rings. The van der Waals surface area contributed by atoms with Crippen LogP contribution in [0.3, 0.4) is 0 Å². The lowest BCUT2D eigenvalue weighted by Gasteiger charge is -1.86. The Hall–Kier alpha value is -0.580. The van der Waals surface area contributed by atoms with Gasteiger partial charge in [0.25, 0.3) is 0 Å². The van der Waals surface area contributed by atoms with Gasteiger partial charge < -0.3 is 4.52 Å². The number of nitrogens with two attached hydrogens (primary N) is 1. The summed E-state index contributed by atoms with van der Waals surface area (Å²) in [5.41, 5.74) is 0. The van der Waals surface area contributed by atoms with Crippen LogP contribution in [0.5, 0.6) is 0 Å². The molecule has 0 aromatic carbocycles. The van der Waals surface area contributed by atoms with E-state index in [1.807, 2.05) is 0 Å². The van der Waals surface area contributed by atoms with Gasteiger partial charge in [0.15, 0.2) is 5.76 Å². The molecule has 0 unspecified atom stereocenters. The molecule has 0 amide bonds. The van der Waals surface area contributed by atoms with Crippen molar-refractivity contribution >= 4 is 12.4 Å². The van der Waals surface area contributed by atoms with Gasteiger partial charge in [-0.05, 0) is 0 Å². The molecule has 52 valence electrons. The van der Waals surface area contributed by atoms with Crippen molar-refractivity contribution in [2.45, 2.75) is 6.61 Å². The van der Waals surface area contributed by atoms with Gasteiger partial charge >= 0.3 is 0 Å². The zero-order valence-electron chi connectivity index (χ0n) is 4.61. The first-order valence-electron chi connectivity index (χ1n) is 2.14. The predicted octanol–water partition coefficient (Wildman–Crippen LogP) is 0.487. The zero-order chi connectivity index (χ0) is 5.82. The van der Waals surface area contributed by atoms with Crippen LogP contribution < -0.4 is 5.90 Å². The Kier molecular flexibility index (Phi) is 4.04. The zero-order valence-corrected chi connectivity index (χ0v) is 5.43. The maximum absolute atomic E-state index is 4.73. The second-order valence-electron chi connectivity index (χ2n) is 1.29. The van der Waals surface area contributed by atoms with E-state index >= 15 is 0 Å². The average molecular weight is 151 g/mol. The SMILES string of the molecule is Cl.NOCc1ccno1. The summed E-state index contributed by atoms with van der Waals surface area (Å²) >= 11 is 0. The van der Waals surface area contributed by atoms with Gasteiger partial charge in [0.05, 0.1) is 6.20 Å². The summed E-state index contributed by atoms with van der Waals surface area (Å²) < 4.78 is 4.62. The predicted molar refractivity (Wildman–Crippen MR) is 32.7 cm³/mol. The first-order chi connectivity index (χ1) is 3.93. The molecule has 2 N–H and O–H groups in total. The topological polar surface area (TPSA) is 61.3 Å². The number of hydrogen-bond acceptors (Lipinski definition) is 4. The molecule has 5 heteroatoms. The molecule has 1 heterocycles. The van der Waals surface area contributed by atoms with Crippen molar-refractivity contribution in [1.29, 1.82) is 0 Å². The Morgan fingerprint density at radius 1 is 1.78 bits per heavy atom. The van der Waals surface area contributed by atoms with Crippen LogP contribution in [0.4, 0.5) is 0 Å². The van der Waals surface area contributed by atoms with Gasteiger partial charge in [0, 0.05) is 6.07 Å². The molecule has 1 aromatic rings. The number of nitrogens with zero attached hydrogens (tertiary/aromatic N) is 1. The highest BCUT2D eigenvalue weighted by atomic mass is 35.5. The van der Waals surface area contributed by atoms with Crippen LogP contribution in [0.15, 0.2) is 16.8 Å². The molecule has 9 heavy (non-hydrogen) atoms. The van der Waals surface area contributed by atoms with E-state index in [9.17, 15) is 0 Å². The molecule has 0 fully saturated rings. The third kappa shape index (κ3) is 2.46. The first kappa shape index (κ1) is 8.42. The van der Waals surface area contributed by atoms with Gasteiger partial charge in [-0.25, -0.2) is 5.90 Å². The highest BCUT2D eigenvalue weighted by molar-refractivity contribution is 5.85. The van der Waals surface area contributed by atoms with Crippen molar-refractivity contribution in [2.24, 2.45) is 5.90 Å². The van der Waals surface area contributed by atoms with Crippen molar-refractivity contribution in [3.05, 3.63) is 18.0 Å². The van der Waals surface area contributed by atoms with Crippen LogP contribution in [0.2, 0.25) is 0 Å². The molecule has 0 spiro atoms. The Morgan fingerprint density at radius 3 is 3.00 bits per heavy atom. The average Bonchev–Trinajstić information content (AvgIpc) is 2.19. The van der Waals surface area contributed by atoms with E-state index in [4.69, 9.17) is 5.90 Å². The summed E-state index contributed by atoms with van der Waals surface area (Å²) in [5.74, 6) is 5.36. The van der Waals surface area contributed by atoms with E-state index in [1.165, 1.54) is 6.20 Å². The summed E-state index contributed by atoms with van der Waals surface area (Å²) in [6.45, 7) is 0.278. The summed E-state index contributed by atoms with van der Waals surface area (Å²) in [5, 5.41) is 3.43. The van der Waals surface area contributed by atoms with Gasteiger partial charge in [0.1, 0.15) is 6.61 Å². The summed E-state index contributed by atoms with van der Waals surface area (Å²) in [4.78, 5) is 4.25. The van der Waals surface area contributed by atoms with E-state index in [0.29, 0.717) is 5.76 Å². The van der Waals surface area contributed by atoms with Gasteiger partial charge in [-0.15, -0.1) is 12.4 Å². The van der Waals surface area contributed by atoms with Crippen molar-refractivity contribution in [1.82, 2.24) is 5.16 Å². The molecule has 0 atom stereocenters. The number of rotatable bonds is 2. The van der Waals surface area contributed by atoms with Crippen LogP contribution in [-0.2, 0) is 11.4 Å². The van der Waals surface area contributed by atoms with E-state index in [0.717, 1.165) is 0 Å². The van der Waals surface area contributed by atoms with Gasteiger partial charge in [0.2, 0.25) is 0 Å². The van der Waals surface area contributed by atoms with Crippen molar-refractivity contribution < 1.29 is 9.36 Å². The maximum atomic E-state index is 4.73. The van der Waals surface area contributed by atoms with Crippen LogP contribution in [0.25, 0.3) is 0 Å². The monoisotopic (exact) mass is 150 g/mol. The minimum absolute atomic E-state index is 0. The highest BCUT2D eigenvalue weighted by Crippen LogP contribution is 1.95. The third-order valence-corrected chi connectivity index (χ3v) is 0.717. The Bertz CT molecular complexity index is 142. The lowest BCUT2D eigenvalue weighted by atomic mass is 10.5. The number of aromatic nitrogens is 1. The molecule has 4 nitrogen and oxygen atoms in total. The van der Waals surface area contributed by atoms with Gasteiger partial charge in [-0.2, -0.15) is 0 Å². The summed E-state index contributed by atoms with van der Waals surface area (Å²) in [7, 11) is 0. The van der Waals surface area contributed by atoms with Crippen molar-refractivity contribution in [2.75, 3.05) is 0 Å². The molecule has 0 radical (unpaired) electrons. The molecular weight excluding hydrogens is 144 g/mol. The number of hydrogen-bond donors (Lipinski definition) is 1. The highest BCUT2D eigenvalue weighted by Gasteiger charge is 1.91. The molecule has 1 rings (SSSR count). The second kappa shape index (κ2) is 4.31. The summed E-state index contributed by atoms with van der Waals surface area (Å²) in [6, 6.07) is 1.69. The van der Waals surface area contributed by atoms with Crippen LogP contribution in [0, 0.1) is 0 Å². The molecule has 0 aliphatic heterocycles. The standard InChI is InChI=1S/C4H6N2O2.ClH/c5-7-3-4-1-2-6-8-4;/h1-2H,3,5H2;1H. The Morgan fingerprint density at radius 2 is 2.56 bits per heavy atom. The molecule has 0 bridgehead atoms. The Labute approximate surface area is 58.3 Å². The van der Waals surface area contributed by atoms with Gasteiger partial charge in [-0.1, -0.05) is 5.16 Å². The summed E-state index contributed by atoms with van der Waals surface area (Å²) in [6.07, 6.45) is 1.54. The Balaban J connectivity index is 0.000000640. The fourth-order valence-corrected chi connectivity index (χ4v) is 0.399. The molecule has 1 aromatic heterocycles. The quantitative estimate of drug-likeness (QED) is 0.624. The van der Waals surface area contributed by atoms with Gasteiger partial charge in [-0.3, -0.25) is 4.84 Å². The van der Waals surface area contributed by atoms with E-state index in [2.05, 4.69) is 14.5 Å². The molecular formula is C4H7ClN2O2. The normalized spacial score (nSPS) is 8.56. The number of halogens is 1. The molecule has 0 aliphatic carbocycles. The van der Waals surface area contributed by atoms with E-state index in [1.54, 1.807) is 6.07 Å². The van der Waals surface area contributed by atoms with Crippen molar-refractivity contribution in [3.8, 4) is 0 Å². The smallest absolute Gasteiger partial charge is 0.164 e. The third-order valence-electron chi connectivity index (χ3n) is 0.717. The fraction of sp³-hybridized carbons (Fsp3) is 0.250. The maximum Gasteiger partial charge on any atom is 0.164 e. The minimum atomic E-state index is 0. The fourth-order valence-electron chi connectivity index (χ4n) is 0.399. The van der Waals surface area contributed by atoms with Crippen LogP contribution in [0.1, 0.15) is 5.76 Å². The van der Waals surface area contributed by atoms with E-state index < -0.39 is 0 Å². The molecule has 0 saturated carbocycles. The minimum Gasteiger partial charge on any atom is -0.359 e. The van der Waals surface area contributed by atoms with E-state index in [-0.39, 0.29) is 19.0 Å². The lowest BCUT2D eigenvalue weighted by molar-refractivity contribution is 0.103.